The van der Waals surface area contributed by atoms with Gasteiger partial charge in [-0.3, -0.25) is 0 Å². The molecule has 0 aromatic heterocycles. The molecule has 0 aliphatic carbocycles. The summed E-state index contributed by atoms with van der Waals surface area (Å²) in [7, 11) is -4.65. The van der Waals surface area contributed by atoms with Gasteiger partial charge in [-0.1, -0.05) is 58.3 Å². The zero-order valence-corrected chi connectivity index (χ0v) is 19.0. The van der Waals surface area contributed by atoms with E-state index in [1.807, 2.05) is 20.8 Å². The van der Waals surface area contributed by atoms with E-state index in [-0.39, 0.29) is 31.0 Å². The average Bonchev–Trinajstić information content (AvgIpc) is 2.40. The van der Waals surface area contributed by atoms with Crippen LogP contribution in [0.1, 0.15) is 93.3 Å². The summed E-state index contributed by atoms with van der Waals surface area (Å²) in [5.41, 5.74) is -0.470. The van der Waals surface area contributed by atoms with E-state index in [2.05, 4.69) is 11.6 Å². The molecule has 0 bridgehead atoms. The molecule has 6 nitrogen and oxygen atoms in total. The van der Waals surface area contributed by atoms with Crippen molar-refractivity contribution in [1.29, 1.82) is 0 Å². The minimum Gasteiger partial charge on any atom is -1.00 e. The van der Waals surface area contributed by atoms with E-state index in [4.69, 9.17) is 19.4 Å². The van der Waals surface area contributed by atoms with Crippen molar-refractivity contribution < 1.29 is 59.6 Å². The first kappa shape index (κ1) is 27.3. The largest absolute Gasteiger partial charge is 1.00 e. The summed E-state index contributed by atoms with van der Waals surface area (Å²) < 4.78 is 20.4. The molecule has 8 heteroatoms. The SMILES string of the molecule is CCCCCCCCCCCC(OOP(=O)(O)O)OC(C)(C)C.[H-].[Na+]. The van der Waals surface area contributed by atoms with Gasteiger partial charge in [0.1, 0.15) is 0 Å². The van der Waals surface area contributed by atoms with Gasteiger partial charge in [-0.2, -0.15) is 4.89 Å². The molecule has 24 heavy (non-hydrogen) atoms. The normalized spacial score (nSPS) is 13.6. The predicted octanol–water partition coefficient (Wildman–Crippen LogP) is 2.21. The van der Waals surface area contributed by atoms with Crippen molar-refractivity contribution in [3.8, 4) is 0 Å². The van der Waals surface area contributed by atoms with Gasteiger partial charge >= 0.3 is 37.4 Å². The maximum Gasteiger partial charge on any atom is 1.00 e. The molecule has 0 saturated carbocycles. The van der Waals surface area contributed by atoms with E-state index in [1.54, 1.807) is 0 Å². The smallest absolute Gasteiger partial charge is 1.00 e. The molecule has 0 rings (SSSR count). The first-order chi connectivity index (χ1) is 10.6. The van der Waals surface area contributed by atoms with E-state index in [1.165, 1.54) is 38.5 Å². The maximum absolute atomic E-state index is 10.7. The van der Waals surface area contributed by atoms with E-state index in [9.17, 15) is 4.57 Å². The summed E-state index contributed by atoms with van der Waals surface area (Å²) in [6.45, 7) is 7.79. The van der Waals surface area contributed by atoms with Gasteiger partial charge in [0.2, 0.25) is 0 Å². The Kier molecular flexibility index (Phi) is 17.2. The minimum atomic E-state index is -4.65. The van der Waals surface area contributed by atoms with Crippen LogP contribution in [0.25, 0.3) is 0 Å². The van der Waals surface area contributed by atoms with Crippen LogP contribution in [0, 0.1) is 0 Å². The first-order valence-corrected chi connectivity index (χ1v) is 10.3. The van der Waals surface area contributed by atoms with Crippen LogP contribution in [-0.4, -0.2) is 21.7 Å². The van der Waals surface area contributed by atoms with E-state index >= 15 is 0 Å². The van der Waals surface area contributed by atoms with Gasteiger partial charge in [0.25, 0.3) is 0 Å². The summed E-state index contributed by atoms with van der Waals surface area (Å²) >= 11 is 0. The fourth-order valence-corrected chi connectivity index (χ4v) is 2.45. The fraction of sp³-hybridized carbons (Fsp3) is 1.00. The van der Waals surface area contributed by atoms with Crippen LogP contribution in [0.3, 0.4) is 0 Å². The molecule has 0 aromatic carbocycles. The van der Waals surface area contributed by atoms with Crippen LogP contribution >= 0.6 is 7.82 Å². The summed E-state index contributed by atoms with van der Waals surface area (Å²) in [5, 5.41) is 0. The Morgan fingerprint density at radius 2 is 1.42 bits per heavy atom. The molecule has 0 saturated heterocycles. The molecule has 0 spiro atoms. The first-order valence-electron chi connectivity index (χ1n) is 8.72. The number of ether oxygens (including phenoxy) is 1. The van der Waals surface area contributed by atoms with Gasteiger partial charge in [-0.15, -0.1) is 4.67 Å². The fourth-order valence-electron chi connectivity index (χ4n) is 2.25. The van der Waals surface area contributed by atoms with Crippen molar-refractivity contribution in [3.05, 3.63) is 0 Å². The predicted molar refractivity (Wildman–Crippen MR) is 91.8 cm³/mol. The van der Waals surface area contributed by atoms with Crippen LogP contribution in [0.4, 0.5) is 0 Å². The molecule has 0 heterocycles. The summed E-state index contributed by atoms with van der Waals surface area (Å²) in [6.07, 6.45) is 10.6. The molecule has 0 aliphatic rings. The van der Waals surface area contributed by atoms with Gasteiger partial charge in [0.05, 0.1) is 5.60 Å². The van der Waals surface area contributed by atoms with Crippen molar-refractivity contribution in [3.63, 3.8) is 0 Å². The molecule has 0 aliphatic heterocycles. The minimum absolute atomic E-state index is 0. The van der Waals surface area contributed by atoms with Crippen molar-refractivity contribution in [1.82, 2.24) is 0 Å². The summed E-state index contributed by atoms with van der Waals surface area (Å²) in [5.74, 6) is 0. The summed E-state index contributed by atoms with van der Waals surface area (Å²) in [4.78, 5) is 22.2. The van der Waals surface area contributed by atoms with Crippen molar-refractivity contribution in [2.45, 2.75) is 104 Å². The van der Waals surface area contributed by atoms with Crippen LogP contribution in [-0.2, 0) is 18.9 Å². The van der Waals surface area contributed by atoms with Crippen molar-refractivity contribution in [2.24, 2.45) is 0 Å². The van der Waals surface area contributed by atoms with Gasteiger partial charge < -0.3 is 16.0 Å². The molecular formula is C16H36NaO6P. The Balaban J connectivity index is -0.00000242. The Bertz CT molecular complexity index is 335. The summed E-state index contributed by atoms with van der Waals surface area (Å²) in [6, 6.07) is 0. The van der Waals surface area contributed by atoms with Gasteiger partial charge in [-0.05, 0) is 27.2 Å². The third kappa shape index (κ3) is 21.1. The quantitative estimate of drug-likeness (QED) is 0.120. The van der Waals surface area contributed by atoms with Crippen LogP contribution in [0.2, 0.25) is 0 Å². The maximum atomic E-state index is 10.7. The number of hydrogen-bond donors (Lipinski definition) is 2. The Morgan fingerprint density at radius 1 is 0.958 bits per heavy atom. The molecule has 0 amide bonds. The van der Waals surface area contributed by atoms with Crippen molar-refractivity contribution in [2.75, 3.05) is 0 Å². The Hall–Kier alpha value is 1.03. The number of hydrogen-bond acceptors (Lipinski definition) is 4. The molecule has 142 valence electrons. The number of unbranched alkanes of at least 4 members (excludes halogenated alkanes) is 8. The molecular weight excluding hydrogens is 342 g/mol. The third-order valence-electron chi connectivity index (χ3n) is 3.28. The topological polar surface area (TPSA) is 85.2 Å². The van der Waals surface area contributed by atoms with E-state index in [0.29, 0.717) is 6.42 Å². The monoisotopic (exact) mass is 378 g/mol. The standard InChI is InChI=1S/C16H35O6P.Na.H/c1-5-6-7-8-9-10-11-12-13-14-15(20-16(2,3)4)21-22-23(17,18)19;;/h15H,5-14H2,1-4H3,(H2,17,18,19);;/q;+1;-1. The molecule has 0 aromatic rings. The molecule has 0 fully saturated rings. The molecule has 2 N–H and O–H groups in total. The molecule has 1 unspecified atom stereocenters. The van der Waals surface area contributed by atoms with E-state index < -0.39 is 19.7 Å². The molecule has 0 radical (unpaired) electrons. The second-order valence-electron chi connectivity index (χ2n) is 6.94. The van der Waals surface area contributed by atoms with Crippen LogP contribution in [0.15, 0.2) is 0 Å². The Morgan fingerprint density at radius 3 is 1.83 bits per heavy atom. The number of phosphoric acid groups is 1. The Labute approximate surface area is 171 Å². The van der Waals surface area contributed by atoms with Gasteiger partial charge in [0, 0.05) is 6.42 Å². The van der Waals surface area contributed by atoms with Crippen molar-refractivity contribution >= 4 is 7.82 Å². The third-order valence-corrected chi connectivity index (χ3v) is 3.56. The zero-order valence-electron chi connectivity index (χ0n) is 17.1. The van der Waals surface area contributed by atoms with Crippen LogP contribution < -0.4 is 29.6 Å². The zero-order chi connectivity index (χ0) is 17.8. The molecule has 1 atom stereocenters. The second-order valence-corrected chi connectivity index (χ2v) is 8.07. The van der Waals surface area contributed by atoms with Crippen LogP contribution in [0.5, 0.6) is 0 Å². The van der Waals surface area contributed by atoms with E-state index in [0.717, 1.165) is 19.3 Å². The van der Waals surface area contributed by atoms with Gasteiger partial charge in [-0.25, -0.2) is 4.57 Å². The second kappa shape index (κ2) is 15.1. The number of rotatable bonds is 14. The average molecular weight is 378 g/mol. The van der Waals surface area contributed by atoms with Gasteiger partial charge in [0.15, 0.2) is 6.29 Å².